The molecule has 1 fully saturated rings. The highest BCUT2D eigenvalue weighted by Gasteiger charge is 2.30. The number of hydrogen-bond donors (Lipinski definition) is 2. The predicted molar refractivity (Wildman–Crippen MR) is 72.4 cm³/mol. The highest BCUT2D eigenvalue weighted by molar-refractivity contribution is 5.91. The van der Waals surface area contributed by atoms with Crippen molar-refractivity contribution < 1.29 is 30.9 Å². The highest BCUT2D eigenvalue weighted by atomic mass is 35.5. The fourth-order valence-corrected chi connectivity index (χ4v) is 2.80. The van der Waals surface area contributed by atoms with Gasteiger partial charge in [0, 0.05) is 12.8 Å². The lowest BCUT2D eigenvalue weighted by atomic mass is 10.2. The molecule has 3 rings (SSSR count). The van der Waals surface area contributed by atoms with E-state index in [9.17, 15) is 4.79 Å². The number of carbonyl (C=O) groups excluding carboxylic acids is 1. The molecular formula is C15H19ClN2O3. The largest absolute Gasteiger partial charge is 1.00 e. The van der Waals surface area contributed by atoms with E-state index in [2.05, 4.69) is 5.32 Å². The average molecular weight is 311 g/mol. The van der Waals surface area contributed by atoms with Gasteiger partial charge >= 0.3 is 0 Å². The predicted octanol–water partition coefficient (Wildman–Crippen LogP) is -1.97. The third kappa shape index (κ3) is 3.68. The minimum Gasteiger partial charge on any atom is -1.00 e. The first-order chi connectivity index (χ1) is 9.84. The van der Waals surface area contributed by atoms with Crippen molar-refractivity contribution in [3.63, 3.8) is 0 Å². The number of nitrogens with one attached hydrogen (secondary N) is 2. The molecule has 3 heterocycles. The lowest BCUT2D eigenvalue weighted by Crippen LogP contribution is -3.11. The van der Waals surface area contributed by atoms with Crippen LogP contribution in [0, 0.1) is 0 Å². The molecule has 0 radical (unpaired) electrons. The van der Waals surface area contributed by atoms with Gasteiger partial charge < -0.3 is 31.5 Å². The van der Waals surface area contributed by atoms with Crippen LogP contribution in [-0.2, 0) is 0 Å². The summed E-state index contributed by atoms with van der Waals surface area (Å²) in [5.41, 5.74) is 0. The zero-order valence-corrected chi connectivity index (χ0v) is 12.4. The molecule has 21 heavy (non-hydrogen) atoms. The summed E-state index contributed by atoms with van der Waals surface area (Å²) < 4.78 is 10.6. The second-order valence-corrected chi connectivity index (χ2v) is 5.12. The Morgan fingerprint density at radius 2 is 1.90 bits per heavy atom. The summed E-state index contributed by atoms with van der Waals surface area (Å²) in [4.78, 5) is 13.4. The van der Waals surface area contributed by atoms with Gasteiger partial charge in [0.05, 0.1) is 32.2 Å². The van der Waals surface area contributed by atoms with Crippen LogP contribution in [0.4, 0.5) is 0 Å². The van der Waals surface area contributed by atoms with Gasteiger partial charge in [-0.1, -0.05) is 0 Å². The van der Waals surface area contributed by atoms with Crippen molar-refractivity contribution in [2.45, 2.75) is 18.9 Å². The minimum atomic E-state index is -0.176. The number of hydrogen-bond acceptors (Lipinski definition) is 3. The molecule has 0 bridgehead atoms. The van der Waals surface area contributed by atoms with Gasteiger partial charge in [-0.15, -0.1) is 0 Å². The molecule has 0 spiro atoms. The minimum absolute atomic E-state index is 0. The lowest BCUT2D eigenvalue weighted by molar-refractivity contribution is -0.919. The lowest BCUT2D eigenvalue weighted by Gasteiger charge is -2.22. The number of quaternary nitrogens is 1. The smallest absolute Gasteiger partial charge is 0.287 e. The number of furan rings is 2. The molecule has 114 valence electrons. The molecule has 1 atom stereocenters. The van der Waals surface area contributed by atoms with E-state index < -0.39 is 0 Å². The molecule has 0 saturated carbocycles. The summed E-state index contributed by atoms with van der Waals surface area (Å²) in [5, 5.41) is 2.94. The van der Waals surface area contributed by atoms with Gasteiger partial charge in [0.25, 0.3) is 5.91 Å². The van der Waals surface area contributed by atoms with Crippen molar-refractivity contribution in [1.29, 1.82) is 0 Å². The van der Waals surface area contributed by atoms with Gasteiger partial charge in [-0.2, -0.15) is 0 Å². The SMILES string of the molecule is O=C(NCC(c1ccco1)[NH+]1CCCC1)c1ccco1.[Cl-]. The molecule has 1 unspecified atom stereocenters. The Labute approximate surface area is 129 Å². The van der Waals surface area contributed by atoms with Crippen molar-refractivity contribution in [1.82, 2.24) is 5.32 Å². The molecule has 1 aliphatic rings. The van der Waals surface area contributed by atoms with E-state index in [0.717, 1.165) is 18.8 Å². The maximum absolute atomic E-state index is 11.9. The molecule has 2 aromatic rings. The van der Waals surface area contributed by atoms with Gasteiger partial charge in [-0.3, -0.25) is 4.79 Å². The zero-order chi connectivity index (χ0) is 13.8. The van der Waals surface area contributed by atoms with Crippen molar-refractivity contribution in [2.24, 2.45) is 0 Å². The van der Waals surface area contributed by atoms with Crippen LogP contribution in [0.5, 0.6) is 0 Å². The van der Waals surface area contributed by atoms with Crippen LogP contribution in [0.15, 0.2) is 45.6 Å². The third-order valence-electron chi connectivity index (χ3n) is 3.84. The summed E-state index contributed by atoms with van der Waals surface area (Å²) in [5.74, 6) is 1.10. The van der Waals surface area contributed by atoms with Crippen LogP contribution in [0.3, 0.4) is 0 Å². The van der Waals surface area contributed by atoms with E-state index in [1.165, 1.54) is 24.0 Å². The fraction of sp³-hybridized carbons (Fsp3) is 0.400. The van der Waals surface area contributed by atoms with Gasteiger partial charge in [-0.25, -0.2) is 0 Å². The van der Waals surface area contributed by atoms with E-state index in [0.29, 0.717) is 12.3 Å². The molecule has 0 aromatic carbocycles. The molecular weight excluding hydrogens is 292 g/mol. The summed E-state index contributed by atoms with van der Waals surface area (Å²) >= 11 is 0. The Hall–Kier alpha value is -1.72. The molecule has 1 amide bonds. The normalized spacial score (nSPS) is 16.4. The molecule has 0 aliphatic carbocycles. The zero-order valence-electron chi connectivity index (χ0n) is 11.7. The summed E-state index contributed by atoms with van der Waals surface area (Å²) in [6.07, 6.45) is 5.66. The Morgan fingerprint density at radius 3 is 2.52 bits per heavy atom. The maximum atomic E-state index is 11.9. The number of rotatable bonds is 5. The monoisotopic (exact) mass is 310 g/mol. The molecule has 2 N–H and O–H groups in total. The van der Waals surface area contributed by atoms with Crippen LogP contribution >= 0.6 is 0 Å². The first kappa shape index (κ1) is 15.7. The van der Waals surface area contributed by atoms with Crippen molar-refractivity contribution in [3.05, 3.63) is 48.3 Å². The number of likely N-dealkylation sites (tertiary alicyclic amines) is 1. The second-order valence-electron chi connectivity index (χ2n) is 5.12. The van der Waals surface area contributed by atoms with E-state index in [-0.39, 0.29) is 24.4 Å². The summed E-state index contributed by atoms with van der Waals surface area (Å²) in [7, 11) is 0. The Morgan fingerprint density at radius 1 is 1.19 bits per heavy atom. The quantitative estimate of drug-likeness (QED) is 0.673. The van der Waals surface area contributed by atoms with E-state index in [1.54, 1.807) is 18.4 Å². The van der Waals surface area contributed by atoms with Crippen LogP contribution < -0.4 is 22.6 Å². The number of amides is 1. The molecule has 5 nitrogen and oxygen atoms in total. The van der Waals surface area contributed by atoms with Crippen molar-refractivity contribution >= 4 is 5.91 Å². The molecule has 1 aliphatic heterocycles. The van der Waals surface area contributed by atoms with Crippen LogP contribution in [0.25, 0.3) is 0 Å². The van der Waals surface area contributed by atoms with E-state index >= 15 is 0 Å². The number of carbonyl (C=O) groups is 1. The first-order valence-electron chi connectivity index (χ1n) is 7.04. The molecule has 2 aromatic heterocycles. The van der Waals surface area contributed by atoms with E-state index in [4.69, 9.17) is 8.83 Å². The van der Waals surface area contributed by atoms with E-state index in [1.807, 2.05) is 12.1 Å². The second kappa shape index (κ2) is 7.33. The molecule has 1 saturated heterocycles. The fourth-order valence-electron chi connectivity index (χ4n) is 2.80. The van der Waals surface area contributed by atoms with Crippen LogP contribution in [0.2, 0.25) is 0 Å². The first-order valence-corrected chi connectivity index (χ1v) is 7.04. The van der Waals surface area contributed by atoms with Gasteiger partial charge in [0.1, 0.15) is 0 Å². The summed E-state index contributed by atoms with van der Waals surface area (Å²) in [6.45, 7) is 2.81. The van der Waals surface area contributed by atoms with Crippen LogP contribution in [0.1, 0.15) is 35.2 Å². The topological polar surface area (TPSA) is 59.8 Å². The van der Waals surface area contributed by atoms with Crippen LogP contribution in [-0.4, -0.2) is 25.5 Å². The summed E-state index contributed by atoms with van der Waals surface area (Å²) in [6, 6.07) is 7.43. The van der Waals surface area contributed by atoms with Crippen molar-refractivity contribution in [2.75, 3.05) is 19.6 Å². The average Bonchev–Trinajstić information content (AvgIpc) is 3.22. The third-order valence-corrected chi connectivity index (χ3v) is 3.84. The Kier molecular flexibility index (Phi) is 5.47. The number of halogens is 1. The van der Waals surface area contributed by atoms with Gasteiger partial charge in [0.15, 0.2) is 17.6 Å². The van der Waals surface area contributed by atoms with Gasteiger partial charge in [0.2, 0.25) is 0 Å². The van der Waals surface area contributed by atoms with Gasteiger partial charge in [-0.05, 0) is 24.3 Å². The highest BCUT2D eigenvalue weighted by Crippen LogP contribution is 2.11. The Balaban J connectivity index is 0.00000161. The maximum Gasteiger partial charge on any atom is 0.287 e. The molecule has 6 heteroatoms. The standard InChI is InChI=1S/C15H18N2O3.ClH/c18-15(14-6-4-10-20-14)16-11-12(13-5-3-9-19-13)17-7-1-2-8-17;/h3-6,9-10,12H,1-2,7-8,11H2,(H,16,18);1H. The Bertz CT molecular complexity index is 533. The van der Waals surface area contributed by atoms with Crippen molar-refractivity contribution in [3.8, 4) is 0 Å².